The average molecular weight is 660 g/mol. The van der Waals surface area contributed by atoms with Gasteiger partial charge in [-0.25, -0.2) is 9.37 Å². The predicted octanol–water partition coefficient (Wildman–Crippen LogP) is 7.23. The Morgan fingerprint density at radius 2 is 1.64 bits per heavy atom. The number of likely N-dealkylation sites (tertiary alicyclic amines) is 1. The fourth-order valence-electron chi connectivity index (χ4n) is 5.21. The van der Waals surface area contributed by atoms with E-state index in [2.05, 4.69) is 20.9 Å². The van der Waals surface area contributed by atoms with Crippen molar-refractivity contribution < 1.29 is 40.3 Å². The number of halogens is 8. The van der Waals surface area contributed by atoms with Gasteiger partial charge in [-0.2, -0.15) is 26.3 Å². The van der Waals surface area contributed by atoms with Gasteiger partial charge in [0, 0.05) is 49.2 Å². The lowest BCUT2D eigenvalue weighted by Crippen LogP contribution is -2.48. The Morgan fingerprint density at radius 3 is 2.19 bits per heavy atom. The third-order valence-corrected chi connectivity index (χ3v) is 7.71. The van der Waals surface area contributed by atoms with Gasteiger partial charge in [-0.1, -0.05) is 6.07 Å². The standard InChI is InChI=1S/C29H25BrF7N3O2/c1-16-9-21(31)4-5-22(16)24-15-40(27(42)25-6-3-20(30)13-38-25)8-7-23(24)26(41)39(2)14-17-10-18(28(32,33)34)12-19(11-17)29(35,36)37/h3-6,9-13,23-24H,7-8,14-15H2,1-2H3. The molecule has 0 saturated carbocycles. The second kappa shape index (κ2) is 12.0. The van der Waals surface area contributed by atoms with Crippen molar-refractivity contribution in [1.29, 1.82) is 0 Å². The Balaban J connectivity index is 1.63. The van der Waals surface area contributed by atoms with Gasteiger partial charge in [0.05, 0.1) is 11.1 Å². The maximum atomic E-state index is 13.9. The Kier molecular flexibility index (Phi) is 9.00. The fraction of sp³-hybridized carbons (Fsp3) is 0.345. The monoisotopic (exact) mass is 659 g/mol. The second-order valence-electron chi connectivity index (χ2n) is 10.2. The molecule has 0 aliphatic carbocycles. The minimum absolute atomic E-state index is 0.0334. The van der Waals surface area contributed by atoms with Crippen LogP contribution in [-0.2, 0) is 23.7 Å². The maximum Gasteiger partial charge on any atom is 0.416 e. The first kappa shape index (κ1) is 31.5. The largest absolute Gasteiger partial charge is 0.416 e. The average Bonchev–Trinajstić information content (AvgIpc) is 2.91. The van der Waals surface area contributed by atoms with E-state index in [0.717, 1.165) is 4.90 Å². The van der Waals surface area contributed by atoms with E-state index in [-0.39, 0.29) is 42.7 Å². The van der Waals surface area contributed by atoms with E-state index in [1.54, 1.807) is 19.1 Å². The zero-order chi connectivity index (χ0) is 31.0. The highest BCUT2D eigenvalue weighted by Gasteiger charge is 2.40. The van der Waals surface area contributed by atoms with Gasteiger partial charge in [0.25, 0.3) is 5.91 Å². The molecule has 2 aromatic carbocycles. The summed E-state index contributed by atoms with van der Waals surface area (Å²) in [5, 5.41) is 0. The number of carbonyl (C=O) groups is 2. The van der Waals surface area contributed by atoms with Crippen LogP contribution in [0.1, 0.15) is 50.6 Å². The quantitative estimate of drug-likeness (QED) is 0.272. The molecule has 0 radical (unpaired) electrons. The van der Waals surface area contributed by atoms with E-state index < -0.39 is 53.6 Å². The van der Waals surface area contributed by atoms with Crippen molar-refractivity contribution in [2.24, 2.45) is 5.92 Å². The zero-order valence-corrected chi connectivity index (χ0v) is 23.9. The topological polar surface area (TPSA) is 53.5 Å². The van der Waals surface area contributed by atoms with Crippen LogP contribution in [0.5, 0.6) is 0 Å². The lowest BCUT2D eigenvalue weighted by atomic mass is 9.78. The number of rotatable bonds is 5. The number of hydrogen-bond donors (Lipinski definition) is 0. The van der Waals surface area contributed by atoms with E-state index in [9.17, 15) is 40.3 Å². The van der Waals surface area contributed by atoms with Gasteiger partial charge in [-0.05, 0) is 88.4 Å². The van der Waals surface area contributed by atoms with Crippen LogP contribution in [0.4, 0.5) is 30.7 Å². The summed E-state index contributed by atoms with van der Waals surface area (Å²) >= 11 is 3.26. The van der Waals surface area contributed by atoms with Gasteiger partial charge in [-0.3, -0.25) is 9.59 Å². The second-order valence-corrected chi connectivity index (χ2v) is 11.1. The normalized spacial score (nSPS) is 17.7. The fourth-order valence-corrected chi connectivity index (χ4v) is 5.45. The third-order valence-electron chi connectivity index (χ3n) is 7.24. The zero-order valence-electron chi connectivity index (χ0n) is 22.4. The van der Waals surface area contributed by atoms with Crippen LogP contribution in [0.25, 0.3) is 0 Å². The first-order valence-corrected chi connectivity index (χ1v) is 13.5. The predicted molar refractivity (Wildman–Crippen MR) is 143 cm³/mol. The summed E-state index contributed by atoms with van der Waals surface area (Å²) in [7, 11) is 1.30. The van der Waals surface area contributed by atoms with Crippen molar-refractivity contribution in [2.45, 2.75) is 38.2 Å². The first-order valence-electron chi connectivity index (χ1n) is 12.7. The number of amides is 2. The summed E-state index contributed by atoms with van der Waals surface area (Å²) < 4.78 is 94.7. The van der Waals surface area contributed by atoms with Crippen molar-refractivity contribution in [3.05, 3.63) is 98.5 Å². The Bertz CT molecular complexity index is 1440. The van der Waals surface area contributed by atoms with Gasteiger partial charge in [0.2, 0.25) is 5.91 Å². The van der Waals surface area contributed by atoms with Crippen LogP contribution < -0.4 is 0 Å². The molecule has 2 amide bonds. The number of hydrogen-bond acceptors (Lipinski definition) is 3. The first-order chi connectivity index (χ1) is 19.5. The van der Waals surface area contributed by atoms with Crippen molar-refractivity contribution in [2.75, 3.05) is 20.1 Å². The third kappa shape index (κ3) is 7.11. The number of benzene rings is 2. The molecule has 2 heterocycles. The van der Waals surface area contributed by atoms with E-state index in [1.165, 1.54) is 36.3 Å². The molecule has 0 spiro atoms. The summed E-state index contributed by atoms with van der Waals surface area (Å²) in [6.07, 6.45) is -8.42. The SMILES string of the molecule is Cc1cc(F)ccc1C1CN(C(=O)c2ccc(Br)cn2)CCC1C(=O)N(C)Cc1cc(C(F)(F)F)cc(C(F)(F)F)c1. The van der Waals surface area contributed by atoms with Crippen LogP contribution in [0.2, 0.25) is 0 Å². The number of aromatic nitrogens is 1. The number of carbonyl (C=O) groups excluding carboxylic acids is 2. The highest BCUT2D eigenvalue weighted by atomic mass is 79.9. The molecule has 0 bridgehead atoms. The Morgan fingerprint density at radius 1 is 1.00 bits per heavy atom. The van der Waals surface area contributed by atoms with Crippen molar-refractivity contribution in [1.82, 2.24) is 14.8 Å². The van der Waals surface area contributed by atoms with E-state index in [1.807, 2.05) is 0 Å². The van der Waals surface area contributed by atoms with Crippen LogP contribution in [0.3, 0.4) is 0 Å². The summed E-state index contributed by atoms with van der Waals surface area (Å²) in [4.78, 5) is 33.7. The molecule has 3 aromatic rings. The lowest BCUT2D eigenvalue weighted by molar-refractivity contribution is -0.143. The molecule has 13 heteroatoms. The van der Waals surface area contributed by atoms with Gasteiger partial charge < -0.3 is 9.80 Å². The van der Waals surface area contributed by atoms with Gasteiger partial charge in [0.1, 0.15) is 11.5 Å². The van der Waals surface area contributed by atoms with E-state index in [4.69, 9.17) is 0 Å². The summed E-state index contributed by atoms with van der Waals surface area (Å²) in [5.74, 6) is -2.81. The van der Waals surface area contributed by atoms with Crippen LogP contribution in [0.15, 0.2) is 59.2 Å². The molecule has 1 aromatic heterocycles. The Hall–Kier alpha value is -3.48. The molecular formula is C29H25BrF7N3O2. The molecule has 0 N–H and O–H groups in total. The molecule has 5 nitrogen and oxygen atoms in total. The molecule has 4 rings (SSSR count). The highest BCUT2D eigenvalue weighted by molar-refractivity contribution is 9.10. The molecule has 1 fully saturated rings. The summed E-state index contributed by atoms with van der Waals surface area (Å²) in [6.45, 7) is 1.36. The Labute approximate surface area is 245 Å². The van der Waals surface area contributed by atoms with E-state index >= 15 is 0 Å². The van der Waals surface area contributed by atoms with Gasteiger partial charge in [-0.15, -0.1) is 0 Å². The van der Waals surface area contributed by atoms with Crippen molar-refractivity contribution >= 4 is 27.7 Å². The number of aryl methyl sites for hydroxylation is 1. The number of pyridine rings is 1. The minimum atomic E-state index is -5.02. The molecule has 1 aliphatic heterocycles. The van der Waals surface area contributed by atoms with Crippen molar-refractivity contribution in [3.63, 3.8) is 0 Å². The van der Waals surface area contributed by atoms with Gasteiger partial charge >= 0.3 is 12.4 Å². The minimum Gasteiger partial charge on any atom is -0.341 e. The summed E-state index contributed by atoms with van der Waals surface area (Å²) in [5.41, 5.74) is -1.97. The van der Waals surface area contributed by atoms with Crippen LogP contribution in [-0.4, -0.2) is 46.7 Å². The highest BCUT2D eigenvalue weighted by Crippen LogP contribution is 2.38. The van der Waals surface area contributed by atoms with Crippen LogP contribution >= 0.6 is 15.9 Å². The van der Waals surface area contributed by atoms with Gasteiger partial charge in [0.15, 0.2) is 0 Å². The number of nitrogens with zero attached hydrogens (tertiary/aromatic N) is 3. The molecule has 42 heavy (non-hydrogen) atoms. The summed E-state index contributed by atoms with van der Waals surface area (Å²) in [6, 6.07) is 8.45. The number of piperidine rings is 1. The molecule has 2 atom stereocenters. The maximum absolute atomic E-state index is 13.9. The number of alkyl halides is 6. The molecule has 2 unspecified atom stereocenters. The molecular weight excluding hydrogens is 635 g/mol. The molecule has 1 aliphatic rings. The van der Waals surface area contributed by atoms with Crippen molar-refractivity contribution in [3.8, 4) is 0 Å². The molecule has 224 valence electrons. The molecule has 1 saturated heterocycles. The smallest absolute Gasteiger partial charge is 0.341 e. The lowest BCUT2D eigenvalue weighted by Gasteiger charge is -2.40. The van der Waals surface area contributed by atoms with Crippen LogP contribution in [0, 0.1) is 18.7 Å². The van der Waals surface area contributed by atoms with E-state index in [0.29, 0.717) is 27.7 Å².